The SMILES string of the molecule is COCc1cc(CN2CC[C@H](c3c(C(N)=O)sc4ncccc34)C2)ccc1OC(C)C. The maximum atomic E-state index is 12.1. The molecule has 3 heterocycles. The highest BCUT2D eigenvalue weighted by Crippen LogP contribution is 2.39. The van der Waals surface area contributed by atoms with Crippen LogP contribution in [-0.2, 0) is 17.9 Å². The Hall–Kier alpha value is -2.48. The van der Waals surface area contributed by atoms with Crippen molar-refractivity contribution < 1.29 is 14.3 Å². The van der Waals surface area contributed by atoms with Gasteiger partial charge in [-0.1, -0.05) is 12.1 Å². The molecular weight excluding hydrogens is 410 g/mol. The van der Waals surface area contributed by atoms with Gasteiger partial charge in [-0.2, -0.15) is 0 Å². The number of hydrogen-bond acceptors (Lipinski definition) is 6. The van der Waals surface area contributed by atoms with Gasteiger partial charge in [-0.25, -0.2) is 4.98 Å². The third kappa shape index (κ3) is 4.74. The summed E-state index contributed by atoms with van der Waals surface area (Å²) in [6.45, 7) is 7.29. The van der Waals surface area contributed by atoms with E-state index in [1.165, 1.54) is 16.9 Å². The van der Waals surface area contributed by atoms with Crippen LogP contribution in [0.2, 0.25) is 0 Å². The second kappa shape index (κ2) is 9.34. The van der Waals surface area contributed by atoms with E-state index in [0.29, 0.717) is 11.5 Å². The van der Waals surface area contributed by atoms with E-state index < -0.39 is 0 Å². The summed E-state index contributed by atoms with van der Waals surface area (Å²) in [5, 5.41) is 1.06. The number of methoxy groups -OCH3 is 1. The van der Waals surface area contributed by atoms with Gasteiger partial charge >= 0.3 is 0 Å². The van der Waals surface area contributed by atoms with Gasteiger partial charge in [0, 0.05) is 43.3 Å². The Morgan fingerprint density at radius 1 is 1.35 bits per heavy atom. The molecular formula is C24H29N3O3S. The number of pyridine rings is 1. The molecule has 4 rings (SSSR count). The number of ether oxygens (including phenoxy) is 2. The first-order chi connectivity index (χ1) is 15.0. The lowest BCUT2D eigenvalue weighted by Crippen LogP contribution is -2.20. The van der Waals surface area contributed by atoms with Gasteiger partial charge in [0.25, 0.3) is 5.91 Å². The van der Waals surface area contributed by atoms with Crippen LogP contribution in [0, 0.1) is 0 Å². The molecule has 1 aliphatic heterocycles. The third-order valence-corrected chi connectivity index (χ3v) is 6.75. The molecule has 0 radical (unpaired) electrons. The van der Waals surface area contributed by atoms with Crippen molar-refractivity contribution in [1.29, 1.82) is 0 Å². The first-order valence-electron chi connectivity index (χ1n) is 10.6. The predicted octanol–water partition coefficient (Wildman–Crippen LogP) is 4.32. The zero-order valence-corrected chi connectivity index (χ0v) is 19.1. The Balaban J connectivity index is 1.53. The van der Waals surface area contributed by atoms with Gasteiger partial charge in [-0.15, -0.1) is 11.3 Å². The molecule has 0 bridgehead atoms. The van der Waals surface area contributed by atoms with Crippen molar-refractivity contribution in [2.45, 2.75) is 45.4 Å². The number of carbonyl (C=O) groups excluding carboxylic acids is 1. The molecule has 1 fully saturated rings. The monoisotopic (exact) mass is 439 g/mol. The number of amides is 1. The number of carbonyl (C=O) groups is 1. The van der Waals surface area contributed by atoms with Crippen molar-refractivity contribution in [1.82, 2.24) is 9.88 Å². The quantitative estimate of drug-likeness (QED) is 0.566. The van der Waals surface area contributed by atoms with E-state index in [0.717, 1.165) is 53.1 Å². The summed E-state index contributed by atoms with van der Waals surface area (Å²) in [6, 6.07) is 10.3. The van der Waals surface area contributed by atoms with Crippen molar-refractivity contribution >= 4 is 27.5 Å². The molecule has 2 N–H and O–H groups in total. The molecule has 6 nitrogen and oxygen atoms in total. The summed E-state index contributed by atoms with van der Waals surface area (Å²) in [7, 11) is 1.70. The number of rotatable bonds is 8. The van der Waals surface area contributed by atoms with Crippen LogP contribution in [-0.4, -0.2) is 42.1 Å². The summed E-state index contributed by atoms with van der Waals surface area (Å²) < 4.78 is 11.3. The van der Waals surface area contributed by atoms with Crippen LogP contribution >= 0.6 is 11.3 Å². The van der Waals surface area contributed by atoms with E-state index in [1.807, 2.05) is 32.0 Å². The molecule has 1 aromatic carbocycles. The van der Waals surface area contributed by atoms with Crippen LogP contribution in [0.25, 0.3) is 10.2 Å². The van der Waals surface area contributed by atoms with Gasteiger partial charge in [0.05, 0.1) is 17.6 Å². The Morgan fingerprint density at radius 2 is 2.19 bits per heavy atom. The van der Waals surface area contributed by atoms with Crippen molar-refractivity contribution in [2.75, 3.05) is 20.2 Å². The lowest BCUT2D eigenvalue weighted by Gasteiger charge is -2.19. The smallest absolute Gasteiger partial charge is 0.259 e. The van der Waals surface area contributed by atoms with E-state index in [1.54, 1.807) is 13.3 Å². The van der Waals surface area contributed by atoms with Crippen molar-refractivity contribution in [2.24, 2.45) is 5.73 Å². The van der Waals surface area contributed by atoms with Gasteiger partial charge in [-0.05, 0) is 56.1 Å². The van der Waals surface area contributed by atoms with E-state index in [-0.39, 0.29) is 17.9 Å². The van der Waals surface area contributed by atoms with Gasteiger partial charge in [0.1, 0.15) is 10.6 Å². The van der Waals surface area contributed by atoms with E-state index in [2.05, 4.69) is 22.0 Å². The molecule has 2 aromatic heterocycles. The Bertz CT molecular complexity index is 1080. The average molecular weight is 440 g/mol. The number of hydrogen-bond donors (Lipinski definition) is 1. The Labute approximate surface area is 187 Å². The largest absolute Gasteiger partial charge is 0.491 e. The van der Waals surface area contributed by atoms with Crippen LogP contribution in [0.4, 0.5) is 0 Å². The number of benzene rings is 1. The summed E-state index contributed by atoms with van der Waals surface area (Å²) in [6.07, 6.45) is 2.88. The van der Waals surface area contributed by atoms with Crippen LogP contribution in [0.15, 0.2) is 36.5 Å². The summed E-state index contributed by atoms with van der Waals surface area (Å²) in [5.41, 5.74) is 9.07. The van der Waals surface area contributed by atoms with Gasteiger partial charge in [-0.3, -0.25) is 9.69 Å². The maximum Gasteiger partial charge on any atom is 0.259 e. The van der Waals surface area contributed by atoms with Gasteiger partial charge < -0.3 is 15.2 Å². The minimum absolute atomic E-state index is 0.121. The first kappa shape index (κ1) is 21.7. The second-order valence-corrected chi connectivity index (χ2v) is 9.33. The number of primary amides is 1. The lowest BCUT2D eigenvalue weighted by atomic mass is 9.95. The molecule has 1 saturated heterocycles. The Morgan fingerprint density at radius 3 is 2.94 bits per heavy atom. The van der Waals surface area contributed by atoms with Crippen LogP contribution in [0.3, 0.4) is 0 Å². The topological polar surface area (TPSA) is 77.7 Å². The third-order valence-electron chi connectivity index (χ3n) is 5.60. The molecule has 1 aliphatic rings. The number of likely N-dealkylation sites (tertiary alicyclic amines) is 1. The second-order valence-electron chi connectivity index (χ2n) is 8.33. The molecule has 31 heavy (non-hydrogen) atoms. The molecule has 0 saturated carbocycles. The molecule has 164 valence electrons. The molecule has 1 amide bonds. The number of nitrogens with zero attached hydrogens (tertiary/aromatic N) is 2. The molecule has 0 spiro atoms. The summed E-state index contributed by atoms with van der Waals surface area (Å²) in [4.78, 5) is 20.5. The van der Waals surface area contributed by atoms with E-state index in [9.17, 15) is 4.79 Å². The highest BCUT2D eigenvalue weighted by atomic mass is 32.1. The average Bonchev–Trinajstić information content (AvgIpc) is 3.34. The first-order valence-corrected chi connectivity index (χ1v) is 11.4. The minimum Gasteiger partial charge on any atom is -0.491 e. The highest BCUT2D eigenvalue weighted by molar-refractivity contribution is 7.20. The van der Waals surface area contributed by atoms with Gasteiger partial charge in [0.2, 0.25) is 0 Å². The van der Waals surface area contributed by atoms with E-state index in [4.69, 9.17) is 15.2 Å². The lowest BCUT2D eigenvalue weighted by molar-refractivity contribution is 0.100. The molecule has 0 aliphatic carbocycles. The molecule has 0 unspecified atom stereocenters. The predicted molar refractivity (Wildman–Crippen MR) is 124 cm³/mol. The van der Waals surface area contributed by atoms with Crippen molar-refractivity contribution in [3.05, 3.63) is 58.1 Å². The summed E-state index contributed by atoms with van der Waals surface area (Å²) in [5.74, 6) is 0.798. The standard InChI is InChI=1S/C24H29N3O3S/c1-15(2)30-20-7-6-16(11-18(20)14-29-3)12-27-10-8-17(13-27)21-19-5-4-9-26-24(19)31-22(21)23(25)28/h4-7,9,11,15,17H,8,10,12-14H2,1-3H3,(H2,25,28)/t17-/m0/s1. The zero-order valence-electron chi connectivity index (χ0n) is 18.3. The number of aromatic nitrogens is 1. The van der Waals surface area contributed by atoms with Crippen molar-refractivity contribution in [3.8, 4) is 5.75 Å². The molecule has 7 heteroatoms. The highest BCUT2D eigenvalue weighted by Gasteiger charge is 2.30. The zero-order chi connectivity index (χ0) is 22.0. The maximum absolute atomic E-state index is 12.1. The van der Waals surface area contributed by atoms with Crippen LogP contribution < -0.4 is 10.5 Å². The number of thiophene rings is 1. The van der Waals surface area contributed by atoms with Gasteiger partial charge in [0.15, 0.2) is 0 Å². The number of fused-ring (bicyclic) bond motifs is 1. The van der Waals surface area contributed by atoms with E-state index >= 15 is 0 Å². The minimum atomic E-state index is -0.360. The fourth-order valence-electron chi connectivity index (χ4n) is 4.38. The molecule has 3 aromatic rings. The molecule has 1 atom stereocenters. The summed E-state index contributed by atoms with van der Waals surface area (Å²) >= 11 is 1.41. The fourth-order valence-corrected chi connectivity index (χ4v) is 5.46. The van der Waals surface area contributed by atoms with Crippen molar-refractivity contribution in [3.63, 3.8) is 0 Å². The van der Waals surface area contributed by atoms with Crippen LogP contribution in [0.1, 0.15) is 52.5 Å². The van der Waals surface area contributed by atoms with Crippen LogP contribution in [0.5, 0.6) is 5.75 Å². The normalized spacial score (nSPS) is 17.0. The fraction of sp³-hybridized carbons (Fsp3) is 0.417. The number of nitrogens with two attached hydrogens (primary N) is 1. The Kier molecular flexibility index (Phi) is 6.55.